The van der Waals surface area contributed by atoms with Gasteiger partial charge in [-0.1, -0.05) is 18.2 Å². The molecule has 0 radical (unpaired) electrons. The summed E-state index contributed by atoms with van der Waals surface area (Å²) in [4.78, 5) is 22.9. The number of urea groups is 1. The molecule has 0 saturated heterocycles. The van der Waals surface area contributed by atoms with Crippen molar-refractivity contribution < 1.29 is 24.2 Å². The quantitative estimate of drug-likeness (QED) is 0.552. The molecule has 7 heteroatoms. The molecule has 0 bridgehead atoms. The Kier molecular flexibility index (Phi) is 8.12. The van der Waals surface area contributed by atoms with Crippen LogP contribution in [0.5, 0.6) is 5.75 Å². The summed E-state index contributed by atoms with van der Waals surface area (Å²) < 4.78 is 10.6. The number of anilines is 2. The topological polar surface area (TPSA) is 96.9 Å². The van der Waals surface area contributed by atoms with Crippen LogP contribution in [0.2, 0.25) is 0 Å². The van der Waals surface area contributed by atoms with E-state index in [1.54, 1.807) is 43.5 Å². The zero-order chi connectivity index (χ0) is 19.5. The van der Waals surface area contributed by atoms with Gasteiger partial charge in [0.15, 0.2) is 0 Å². The van der Waals surface area contributed by atoms with Gasteiger partial charge in [0.05, 0.1) is 6.61 Å². The summed E-state index contributed by atoms with van der Waals surface area (Å²) in [6.07, 6.45) is 1.24. The monoisotopic (exact) mass is 372 g/mol. The summed E-state index contributed by atoms with van der Waals surface area (Å²) in [5.74, 6) is -0.185. The molecule has 2 amide bonds. The molecule has 2 rings (SSSR count). The van der Waals surface area contributed by atoms with E-state index in [2.05, 4.69) is 10.6 Å². The van der Waals surface area contributed by atoms with Gasteiger partial charge in [-0.15, -0.1) is 0 Å². The zero-order valence-corrected chi connectivity index (χ0v) is 15.2. The second-order valence-corrected chi connectivity index (χ2v) is 5.90. The van der Waals surface area contributed by atoms with Crippen LogP contribution < -0.4 is 15.4 Å². The van der Waals surface area contributed by atoms with Crippen molar-refractivity contribution >= 4 is 23.4 Å². The van der Waals surface area contributed by atoms with Crippen molar-refractivity contribution in [3.05, 3.63) is 54.1 Å². The zero-order valence-electron chi connectivity index (χ0n) is 15.2. The Hall–Kier alpha value is -3.06. The van der Waals surface area contributed by atoms with Gasteiger partial charge >= 0.3 is 12.0 Å². The maximum Gasteiger partial charge on any atom is 0.323 e. The van der Waals surface area contributed by atoms with E-state index in [1.807, 2.05) is 12.1 Å². The maximum absolute atomic E-state index is 12.2. The Morgan fingerprint density at radius 3 is 2.41 bits per heavy atom. The van der Waals surface area contributed by atoms with E-state index in [9.17, 15) is 9.59 Å². The molecular formula is C20H24N2O5. The Bertz CT molecular complexity index is 764. The van der Waals surface area contributed by atoms with Gasteiger partial charge in [0.25, 0.3) is 0 Å². The minimum atomic E-state index is -0.851. The number of nitrogens with one attached hydrogen (secondary N) is 2. The van der Waals surface area contributed by atoms with Crippen LogP contribution >= 0.6 is 0 Å². The van der Waals surface area contributed by atoms with Crippen LogP contribution in [0.1, 0.15) is 18.4 Å². The van der Waals surface area contributed by atoms with E-state index >= 15 is 0 Å². The first-order valence-electron chi connectivity index (χ1n) is 8.67. The molecule has 0 saturated carbocycles. The third-order valence-electron chi connectivity index (χ3n) is 3.67. The molecule has 0 aromatic heterocycles. The van der Waals surface area contributed by atoms with Gasteiger partial charge in [0.1, 0.15) is 5.75 Å². The lowest BCUT2D eigenvalue weighted by molar-refractivity contribution is -0.136. The van der Waals surface area contributed by atoms with Gasteiger partial charge in [0, 0.05) is 44.0 Å². The van der Waals surface area contributed by atoms with E-state index in [-0.39, 0.29) is 12.5 Å². The molecule has 0 aliphatic rings. The van der Waals surface area contributed by atoms with Crippen molar-refractivity contribution in [3.63, 3.8) is 0 Å². The number of carboxylic acids is 1. The number of benzene rings is 2. The fourth-order valence-corrected chi connectivity index (χ4v) is 2.41. The summed E-state index contributed by atoms with van der Waals surface area (Å²) in [7, 11) is 1.64. The van der Waals surface area contributed by atoms with E-state index in [1.165, 1.54) is 0 Å². The lowest BCUT2D eigenvalue weighted by Gasteiger charge is -2.11. The van der Waals surface area contributed by atoms with Crippen LogP contribution in [-0.4, -0.2) is 37.4 Å². The van der Waals surface area contributed by atoms with Gasteiger partial charge in [-0.25, -0.2) is 4.79 Å². The fourth-order valence-electron chi connectivity index (χ4n) is 2.41. The molecule has 0 heterocycles. The number of carbonyl (C=O) groups excluding carboxylic acids is 1. The number of hydrogen-bond acceptors (Lipinski definition) is 4. The average molecular weight is 372 g/mol. The van der Waals surface area contributed by atoms with Crippen LogP contribution in [-0.2, 0) is 16.0 Å². The molecule has 0 spiro atoms. The number of aryl methyl sites for hydroxylation is 1. The molecule has 7 nitrogen and oxygen atoms in total. The molecule has 3 N–H and O–H groups in total. The summed E-state index contributed by atoms with van der Waals surface area (Å²) in [5.41, 5.74) is 2.06. The molecule has 0 atom stereocenters. The maximum atomic E-state index is 12.2. The number of carbonyl (C=O) groups is 2. The highest BCUT2D eigenvalue weighted by molar-refractivity contribution is 5.99. The summed E-state index contributed by atoms with van der Waals surface area (Å²) >= 11 is 0. The SMILES string of the molecule is COCCCOc1cccc(NC(=O)Nc2cccc(CCC(=O)O)c2)c1. The van der Waals surface area contributed by atoms with Crippen LogP contribution in [0.15, 0.2) is 48.5 Å². The van der Waals surface area contributed by atoms with Gasteiger partial charge in [-0.05, 0) is 36.2 Å². The number of hydrogen-bond donors (Lipinski definition) is 3. The van der Waals surface area contributed by atoms with Crippen LogP contribution in [0.4, 0.5) is 16.2 Å². The largest absolute Gasteiger partial charge is 0.493 e. The first kappa shape index (κ1) is 20.3. The first-order chi connectivity index (χ1) is 13.1. The minimum absolute atomic E-state index is 0.0484. The smallest absolute Gasteiger partial charge is 0.323 e. The Morgan fingerprint density at radius 1 is 1.00 bits per heavy atom. The number of rotatable bonds is 10. The minimum Gasteiger partial charge on any atom is -0.493 e. The second kappa shape index (κ2) is 10.8. The van der Waals surface area contributed by atoms with Crippen molar-refractivity contribution in [2.45, 2.75) is 19.3 Å². The van der Waals surface area contributed by atoms with Crippen molar-refractivity contribution in [3.8, 4) is 5.75 Å². The first-order valence-corrected chi connectivity index (χ1v) is 8.67. The molecule has 144 valence electrons. The number of aliphatic carboxylic acids is 1. The van der Waals surface area contributed by atoms with Crippen molar-refractivity contribution in [1.82, 2.24) is 0 Å². The fraction of sp³-hybridized carbons (Fsp3) is 0.300. The molecule has 2 aromatic carbocycles. The third-order valence-corrected chi connectivity index (χ3v) is 3.67. The molecule has 27 heavy (non-hydrogen) atoms. The highest BCUT2D eigenvalue weighted by Gasteiger charge is 2.06. The van der Waals surface area contributed by atoms with Gasteiger partial charge in [0.2, 0.25) is 0 Å². The highest BCUT2D eigenvalue weighted by atomic mass is 16.5. The van der Waals surface area contributed by atoms with Gasteiger partial charge in [-0.2, -0.15) is 0 Å². The lowest BCUT2D eigenvalue weighted by atomic mass is 10.1. The predicted molar refractivity (Wildman–Crippen MR) is 103 cm³/mol. The summed E-state index contributed by atoms with van der Waals surface area (Å²) in [6, 6.07) is 13.9. The second-order valence-electron chi connectivity index (χ2n) is 5.90. The number of methoxy groups -OCH3 is 1. The highest BCUT2D eigenvalue weighted by Crippen LogP contribution is 2.18. The molecule has 0 aliphatic carbocycles. The normalized spacial score (nSPS) is 10.3. The standard InChI is InChI=1S/C20H24N2O5/c1-26-11-4-12-27-18-8-3-7-17(14-18)22-20(25)21-16-6-2-5-15(13-16)9-10-19(23)24/h2-3,5-8,13-14H,4,9-12H2,1H3,(H,23,24)(H2,21,22,25). The Labute approximate surface area is 158 Å². The molecule has 0 aliphatic heterocycles. The molecule has 0 fully saturated rings. The summed E-state index contributed by atoms with van der Waals surface area (Å²) in [6.45, 7) is 1.17. The van der Waals surface area contributed by atoms with Gasteiger partial charge < -0.3 is 25.2 Å². The van der Waals surface area contributed by atoms with E-state index in [0.29, 0.717) is 36.8 Å². The summed E-state index contributed by atoms with van der Waals surface area (Å²) in [5, 5.41) is 14.3. The lowest BCUT2D eigenvalue weighted by Crippen LogP contribution is -2.19. The van der Waals surface area contributed by atoms with E-state index < -0.39 is 5.97 Å². The van der Waals surface area contributed by atoms with Crippen molar-refractivity contribution in [2.24, 2.45) is 0 Å². The molecule has 0 unspecified atom stereocenters. The molecular weight excluding hydrogens is 348 g/mol. The van der Waals surface area contributed by atoms with E-state index in [0.717, 1.165) is 12.0 Å². The number of ether oxygens (including phenoxy) is 2. The number of amides is 2. The number of carboxylic acid groups (broad SMARTS) is 1. The van der Waals surface area contributed by atoms with Crippen LogP contribution in [0, 0.1) is 0 Å². The van der Waals surface area contributed by atoms with Crippen LogP contribution in [0.3, 0.4) is 0 Å². The van der Waals surface area contributed by atoms with Gasteiger partial charge in [-0.3, -0.25) is 4.79 Å². The average Bonchev–Trinajstić information content (AvgIpc) is 2.64. The van der Waals surface area contributed by atoms with E-state index in [4.69, 9.17) is 14.6 Å². The predicted octanol–water partition coefficient (Wildman–Crippen LogP) is 3.76. The van der Waals surface area contributed by atoms with Crippen molar-refractivity contribution in [2.75, 3.05) is 31.0 Å². The Morgan fingerprint density at radius 2 is 1.70 bits per heavy atom. The third kappa shape index (κ3) is 7.79. The van der Waals surface area contributed by atoms with Crippen molar-refractivity contribution in [1.29, 1.82) is 0 Å². The van der Waals surface area contributed by atoms with Crippen LogP contribution in [0.25, 0.3) is 0 Å². The Balaban J connectivity index is 1.88. The molecule has 2 aromatic rings.